The van der Waals surface area contributed by atoms with Crippen LogP contribution in [0.4, 0.5) is 5.69 Å². The number of nitrogens with one attached hydrogen (secondary N) is 1. The minimum Gasteiger partial charge on any atom is -0.508 e. The van der Waals surface area contributed by atoms with E-state index in [-0.39, 0.29) is 17.7 Å². The quantitative estimate of drug-likeness (QED) is 0.168. The first-order valence-electron chi connectivity index (χ1n) is 19.8. The van der Waals surface area contributed by atoms with Crippen LogP contribution in [0.5, 0.6) is 5.75 Å². The van der Waals surface area contributed by atoms with Crippen molar-refractivity contribution in [3.8, 4) is 16.9 Å². The Morgan fingerprint density at radius 1 is 0.800 bits per heavy atom. The van der Waals surface area contributed by atoms with Gasteiger partial charge in [-0.1, -0.05) is 67.2 Å². The molecule has 5 aromatic rings. The molecule has 0 spiro atoms. The number of aromatic hydroxyl groups is 1. The molecule has 4 aromatic carbocycles. The summed E-state index contributed by atoms with van der Waals surface area (Å²) in [7, 11) is 0. The van der Waals surface area contributed by atoms with Gasteiger partial charge in [0.05, 0.1) is 6.20 Å². The molecule has 9 heteroatoms. The number of piperidine rings is 1. The van der Waals surface area contributed by atoms with Crippen LogP contribution in [0.25, 0.3) is 11.1 Å². The number of amides is 2. The number of rotatable bonds is 9. The molecule has 3 aliphatic heterocycles. The van der Waals surface area contributed by atoms with Crippen molar-refractivity contribution in [2.45, 2.75) is 63.1 Å². The zero-order valence-electron chi connectivity index (χ0n) is 31.2. The second-order valence-electron chi connectivity index (χ2n) is 15.6. The molecule has 3 atom stereocenters. The molecule has 2 fully saturated rings. The third-order valence-corrected chi connectivity index (χ3v) is 12.3. The number of phenolic OH excluding ortho intramolecular Hbond substituents is 1. The fourth-order valence-electron chi connectivity index (χ4n) is 9.32. The number of hydrogen-bond acceptors (Lipinski definition) is 6. The van der Waals surface area contributed by atoms with Crippen molar-refractivity contribution in [2.75, 3.05) is 37.6 Å². The van der Waals surface area contributed by atoms with Crippen LogP contribution < -0.4 is 10.2 Å². The van der Waals surface area contributed by atoms with Gasteiger partial charge in [-0.25, -0.2) is 0 Å². The smallest absolute Gasteiger partial charge is 0.255 e. The van der Waals surface area contributed by atoms with E-state index in [9.17, 15) is 14.7 Å². The van der Waals surface area contributed by atoms with Crippen molar-refractivity contribution in [1.29, 1.82) is 0 Å². The van der Waals surface area contributed by atoms with E-state index in [1.54, 1.807) is 4.90 Å². The molecule has 0 saturated carbocycles. The predicted octanol–water partition coefficient (Wildman–Crippen LogP) is 7.08. The van der Waals surface area contributed by atoms with E-state index in [1.165, 1.54) is 27.8 Å². The Hall–Kier alpha value is -5.67. The molecule has 280 valence electrons. The molecular formula is C46H48N6O3. The van der Waals surface area contributed by atoms with Crippen LogP contribution in [0.2, 0.25) is 0 Å². The zero-order valence-corrected chi connectivity index (χ0v) is 31.2. The summed E-state index contributed by atoms with van der Waals surface area (Å²) in [6.45, 7) is 10.1. The van der Waals surface area contributed by atoms with Gasteiger partial charge in [-0.2, -0.15) is 5.10 Å². The van der Waals surface area contributed by atoms with Crippen molar-refractivity contribution in [3.05, 3.63) is 149 Å². The van der Waals surface area contributed by atoms with Gasteiger partial charge in [0.15, 0.2) is 0 Å². The number of aryl methyl sites for hydroxylation is 2. The summed E-state index contributed by atoms with van der Waals surface area (Å²) in [5, 5.41) is 17.7. The number of benzene rings is 4. The topological polar surface area (TPSA) is 93.9 Å². The second-order valence-corrected chi connectivity index (χ2v) is 15.6. The summed E-state index contributed by atoms with van der Waals surface area (Å²) in [4.78, 5) is 32.4. The van der Waals surface area contributed by atoms with Crippen LogP contribution in [-0.2, 0) is 24.3 Å². The summed E-state index contributed by atoms with van der Waals surface area (Å²) >= 11 is 0. The summed E-state index contributed by atoms with van der Waals surface area (Å²) in [5.74, 6) is 0.768. The number of carbonyl (C=O) groups is 2. The highest BCUT2D eigenvalue weighted by Gasteiger charge is 2.38. The van der Waals surface area contributed by atoms with Crippen molar-refractivity contribution >= 4 is 17.5 Å². The van der Waals surface area contributed by atoms with E-state index in [4.69, 9.17) is 5.10 Å². The fraction of sp³-hybridized carbons (Fsp3) is 0.326. The number of hydrogen-bond donors (Lipinski definition) is 2. The molecule has 0 bridgehead atoms. The van der Waals surface area contributed by atoms with Gasteiger partial charge in [0.25, 0.3) is 5.91 Å². The van der Waals surface area contributed by atoms with E-state index in [1.807, 2.05) is 24.4 Å². The lowest BCUT2D eigenvalue weighted by Gasteiger charge is -2.36. The molecule has 0 radical (unpaired) electrons. The van der Waals surface area contributed by atoms with Crippen LogP contribution >= 0.6 is 0 Å². The molecule has 2 amide bonds. The number of piperazine rings is 1. The van der Waals surface area contributed by atoms with E-state index >= 15 is 0 Å². The van der Waals surface area contributed by atoms with Gasteiger partial charge < -0.3 is 20.2 Å². The van der Waals surface area contributed by atoms with Crippen molar-refractivity contribution < 1.29 is 14.7 Å². The van der Waals surface area contributed by atoms with Crippen LogP contribution in [0.3, 0.4) is 0 Å². The molecule has 2 saturated heterocycles. The van der Waals surface area contributed by atoms with Gasteiger partial charge >= 0.3 is 0 Å². The number of allylic oxidation sites excluding steroid dienone is 1. The maximum Gasteiger partial charge on any atom is 0.255 e. The van der Waals surface area contributed by atoms with Gasteiger partial charge in [-0.05, 0) is 102 Å². The van der Waals surface area contributed by atoms with Crippen molar-refractivity contribution in [1.82, 2.24) is 24.9 Å². The number of nitrogens with zero attached hydrogens (tertiary/aromatic N) is 5. The third kappa shape index (κ3) is 7.05. The van der Waals surface area contributed by atoms with Gasteiger partial charge in [0, 0.05) is 80.4 Å². The summed E-state index contributed by atoms with van der Waals surface area (Å²) in [5.41, 5.74) is 11.1. The second kappa shape index (κ2) is 14.9. The van der Waals surface area contributed by atoms with Crippen LogP contribution in [0.15, 0.2) is 116 Å². The lowest BCUT2D eigenvalue weighted by atomic mass is 9.69. The Balaban J connectivity index is 0.782. The average Bonchev–Trinajstić information content (AvgIpc) is 3.82. The highest BCUT2D eigenvalue weighted by molar-refractivity contribution is 6.01. The Kier molecular flexibility index (Phi) is 9.48. The Morgan fingerprint density at radius 2 is 1.62 bits per heavy atom. The van der Waals surface area contributed by atoms with Crippen LogP contribution in [-0.4, -0.2) is 75.3 Å². The molecular weight excluding hydrogens is 685 g/mol. The molecule has 1 aliphatic carbocycles. The predicted molar refractivity (Wildman–Crippen MR) is 215 cm³/mol. The van der Waals surface area contributed by atoms with Crippen LogP contribution in [0.1, 0.15) is 75.7 Å². The lowest BCUT2D eigenvalue weighted by molar-refractivity contribution is -0.126. The van der Waals surface area contributed by atoms with Gasteiger partial charge in [0.1, 0.15) is 11.8 Å². The number of phenols is 1. The molecule has 55 heavy (non-hydrogen) atoms. The van der Waals surface area contributed by atoms with E-state index in [2.05, 4.69) is 105 Å². The lowest BCUT2D eigenvalue weighted by Crippen LogP contribution is -2.49. The maximum absolute atomic E-state index is 13.2. The van der Waals surface area contributed by atoms with Crippen LogP contribution in [0, 0.1) is 0 Å². The first-order valence-corrected chi connectivity index (χ1v) is 19.8. The number of carbonyl (C=O) groups excluding carboxylic acids is 2. The van der Waals surface area contributed by atoms with Gasteiger partial charge in [-0.15, -0.1) is 0 Å². The highest BCUT2D eigenvalue weighted by atomic mass is 16.3. The van der Waals surface area contributed by atoms with Gasteiger partial charge in [0.2, 0.25) is 5.91 Å². The number of aromatic nitrogens is 2. The van der Waals surface area contributed by atoms with Crippen molar-refractivity contribution in [2.24, 2.45) is 0 Å². The summed E-state index contributed by atoms with van der Waals surface area (Å²) in [6, 6.07) is 31.5. The molecule has 4 heterocycles. The van der Waals surface area contributed by atoms with E-state index in [0.29, 0.717) is 36.6 Å². The average molecular weight is 733 g/mol. The SMILES string of the molecule is C=C1CCC(N2Cc3cc(N4CCN(CCCn5cc(-c6ccc([C@@H]7c8ccc(O)cc8CC[C@@H]7c7ccccc7)cc6)cn5)CC4)ccc3C2=O)C(=O)N1. The molecule has 9 rings (SSSR count). The summed E-state index contributed by atoms with van der Waals surface area (Å²) < 4.78 is 2.07. The normalized spacial score (nSPS) is 21.4. The molecule has 2 N–H and O–H groups in total. The van der Waals surface area contributed by atoms with Crippen molar-refractivity contribution in [3.63, 3.8) is 0 Å². The Labute approximate surface area is 322 Å². The standard InChI is InChI=1S/C46H48N6O3/c1-31-8-19-43(45(54)48-31)52-30-36-26-38(14-17-42(36)46(52)55)50-24-22-49(23-25-50)20-5-21-51-29-37(28-47-51)32-9-11-34(12-10-32)44-40(33-6-3-2-4-7-33)16-13-35-27-39(53)15-18-41(35)44/h2-4,6-7,9-12,14-15,17-18,26-29,40,43-44,53H,1,5,8,13,16,19-25,30H2,(H,48,54)/t40-,43?,44+/m1/s1. The maximum atomic E-state index is 13.2. The molecule has 1 unspecified atom stereocenters. The van der Waals surface area contributed by atoms with E-state index < -0.39 is 6.04 Å². The first kappa shape index (κ1) is 35.1. The van der Waals surface area contributed by atoms with Gasteiger partial charge in [-0.3, -0.25) is 19.2 Å². The monoisotopic (exact) mass is 732 g/mol. The Bertz CT molecular complexity index is 2220. The zero-order chi connectivity index (χ0) is 37.5. The molecule has 4 aliphatic rings. The number of anilines is 1. The minimum absolute atomic E-state index is 0.0530. The molecule has 9 nitrogen and oxygen atoms in total. The fourth-order valence-corrected chi connectivity index (χ4v) is 9.32. The highest BCUT2D eigenvalue weighted by Crippen LogP contribution is 2.47. The minimum atomic E-state index is -0.436. The van der Waals surface area contributed by atoms with E-state index in [0.717, 1.165) is 81.0 Å². The Morgan fingerprint density at radius 3 is 2.42 bits per heavy atom. The largest absolute Gasteiger partial charge is 0.508 e. The number of fused-ring (bicyclic) bond motifs is 2. The third-order valence-electron chi connectivity index (χ3n) is 12.3. The summed E-state index contributed by atoms with van der Waals surface area (Å²) in [6.07, 6.45) is 8.50. The first-order chi connectivity index (χ1) is 26.9. The molecule has 1 aromatic heterocycles.